The normalized spacial score (nSPS) is 27.8. The van der Waals surface area contributed by atoms with Crippen molar-refractivity contribution in [2.45, 2.75) is 10.9 Å². The molecule has 1 nitrogen and oxygen atoms in total. The van der Waals surface area contributed by atoms with Gasteiger partial charge < -0.3 is 4.74 Å². The van der Waals surface area contributed by atoms with E-state index in [4.69, 9.17) is 27.9 Å². The summed E-state index contributed by atoms with van der Waals surface area (Å²) in [5, 5.41) is -0.215. The smallest absolute Gasteiger partial charge is 0.192 e. The van der Waals surface area contributed by atoms with E-state index in [1.54, 1.807) is 0 Å². The van der Waals surface area contributed by atoms with Crippen molar-refractivity contribution in [3.8, 4) is 5.75 Å². The molecular formula is C8H6Cl2O. The predicted molar refractivity (Wildman–Crippen MR) is 45.3 cm³/mol. The molecule has 0 radical (unpaired) electrons. The Morgan fingerprint density at radius 3 is 2.64 bits per heavy atom. The van der Waals surface area contributed by atoms with Gasteiger partial charge in [-0.05, 0) is 6.07 Å². The minimum Gasteiger partial charge on any atom is -0.472 e. The van der Waals surface area contributed by atoms with Crippen LogP contribution in [0.4, 0.5) is 0 Å². The van der Waals surface area contributed by atoms with Crippen molar-refractivity contribution in [1.29, 1.82) is 0 Å². The largest absolute Gasteiger partial charge is 0.472 e. The van der Waals surface area contributed by atoms with Gasteiger partial charge in [0.2, 0.25) is 0 Å². The van der Waals surface area contributed by atoms with Crippen molar-refractivity contribution in [3.05, 3.63) is 29.8 Å². The third-order valence-electron chi connectivity index (χ3n) is 1.69. The summed E-state index contributed by atoms with van der Waals surface area (Å²) >= 11 is 11.7. The van der Waals surface area contributed by atoms with Gasteiger partial charge in [-0.25, -0.2) is 0 Å². The summed E-state index contributed by atoms with van der Waals surface area (Å²) in [6.07, 6.45) is 0. The highest BCUT2D eigenvalue weighted by atomic mass is 35.5. The first-order chi connectivity index (χ1) is 5.29. The Morgan fingerprint density at radius 1 is 1.18 bits per heavy atom. The maximum atomic E-state index is 5.94. The molecule has 0 amide bonds. The highest BCUT2D eigenvalue weighted by Gasteiger charge is 2.30. The standard InChI is InChI=1S/C8H6Cl2O/c9-7-5-3-1-2-4-6(5)11-8(7)10/h1-4,7-8H/t7-,8-/m1/s1. The minimum absolute atomic E-state index is 0.215. The Hall–Kier alpha value is -0.400. The number of hydrogen-bond donors (Lipinski definition) is 0. The van der Waals surface area contributed by atoms with E-state index < -0.39 is 5.56 Å². The van der Waals surface area contributed by atoms with Crippen molar-refractivity contribution in [3.63, 3.8) is 0 Å². The van der Waals surface area contributed by atoms with Gasteiger partial charge in [0.25, 0.3) is 0 Å². The van der Waals surface area contributed by atoms with Gasteiger partial charge in [0.15, 0.2) is 5.56 Å². The van der Waals surface area contributed by atoms with Gasteiger partial charge in [0.1, 0.15) is 11.1 Å². The van der Waals surface area contributed by atoms with E-state index in [0.717, 1.165) is 11.3 Å². The first-order valence-electron chi connectivity index (χ1n) is 3.33. The Labute approximate surface area is 74.9 Å². The van der Waals surface area contributed by atoms with Crippen LogP contribution in [0.2, 0.25) is 0 Å². The molecule has 3 heteroatoms. The van der Waals surface area contributed by atoms with Crippen molar-refractivity contribution >= 4 is 23.2 Å². The second kappa shape index (κ2) is 2.58. The summed E-state index contributed by atoms with van der Waals surface area (Å²) in [6, 6.07) is 7.62. The lowest BCUT2D eigenvalue weighted by Gasteiger charge is -2.02. The molecule has 1 aliphatic heterocycles. The molecule has 2 rings (SSSR count). The van der Waals surface area contributed by atoms with Gasteiger partial charge in [-0.1, -0.05) is 29.8 Å². The SMILES string of the molecule is Cl[C@@H]1Oc2ccccc2[C@H]1Cl. The first kappa shape index (κ1) is 7.26. The molecule has 1 aromatic carbocycles. The van der Waals surface area contributed by atoms with E-state index in [2.05, 4.69) is 0 Å². The minimum atomic E-state index is -0.422. The van der Waals surface area contributed by atoms with Gasteiger partial charge in [0, 0.05) is 5.56 Å². The third-order valence-corrected chi connectivity index (χ3v) is 2.62. The predicted octanol–water partition coefficient (Wildman–Crippen LogP) is 2.92. The zero-order chi connectivity index (χ0) is 7.84. The van der Waals surface area contributed by atoms with Crippen LogP contribution in [0, 0.1) is 0 Å². The molecule has 1 heterocycles. The van der Waals surface area contributed by atoms with E-state index in [0.29, 0.717) is 0 Å². The van der Waals surface area contributed by atoms with Crippen molar-refractivity contribution in [2.24, 2.45) is 0 Å². The Kier molecular flexibility index (Phi) is 1.70. The molecule has 0 fully saturated rings. The lowest BCUT2D eigenvalue weighted by Crippen LogP contribution is -2.04. The number of ether oxygens (including phenoxy) is 1. The fraction of sp³-hybridized carbons (Fsp3) is 0.250. The third kappa shape index (κ3) is 1.09. The van der Waals surface area contributed by atoms with Gasteiger partial charge >= 0.3 is 0 Å². The number of benzene rings is 1. The topological polar surface area (TPSA) is 9.23 Å². The van der Waals surface area contributed by atoms with Gasteiger partial charge in [-0.2, -0.15) is 0 Å². The van der Waals surface area contributed by atoms with Crippen molar-refractivity contribution in [1.82, 2.24) is 0 Å². The summed E-state index contributed by atoms with van der Waals surface area (Å²) in [5.41, 5.74) is 0.559. The molecule has 2 atom stereocenters. The average molecular weight is 189 g/mol. The van der Waals surface area contributed by atoms with E-state index >= 15 is 0 Å². The van der Waals surface area contributed by atoms with E-state index in [9.17, 15) is 0 Å². The Bertz CT molecular complexity index is 275. The summed E-state index contributed by atoms with van der Waals surface area (Å²) in [4.78, 5) is 0. The number of para-hydroxylation sites is 1. The molecule has 0 saturated carbocycles. The fourth-order valence-corrected chi connectivity index (χ4v) is 1.60. The number of fused-ring (bicyclic) bond motifs is 1. The molecular weight excluding hydrogens is 183 g/mol. The summed E-state index contributed by atoms with van der Waals surface area (Å²) in [7, 11) is 0. The maximum absolute atomic E-state index is 5.94. The van der Waals surface area contributed by atoms with E-state index in [-0.39, 0.29) is 5.38 Å². The molecule has 0 N–H and O–H groups in total. The number of rotatable bonds is 0. The lowest BCUT2D eigenvalue weighted by atomic mass is 10.2. The van der Waals surface area contributed by atoms with Gasteiger partial charge in [-0.3, -0.25) is 0 Å². The van der Waals surface area contributed by atoms with Crippen molar-refractivity contribution in [2.75, 3.05) is 0 Å². The molecule has 0 unspecified atom stereocenters. The van der Waals surface area contributed by atoms with Crippen LogP contribution in [-0.2, 0) is 0 Å². The monoisotopic (exact) mass is 188 g/mol. The Morgan fingerprint density at radius 2 is 1.91 bits per heavy atom. The second-order valence-corrected chi connectivity index (χ2v) is 3.31. The molecule has 11 heavy (non-hydrogen) atoms. The highest BCUT2D eigenvalue weighted by molar-refractivity contribution is 6.30. The van der Waals surface area contributed by atoms with Gasteiger partial charge in [0.05, 0.1) is 0 Å². The summed E-state index contributed by atoms with van der Waals surface area (Å²) in [6.45, 7) is 0. The molecule has 1 aromatic rings. The molecule has 0 aromatic heterocycles. The Balaban J connectivity index is 2.47. The molecule has 58 valence electrons. The second-order valence-electron chi connectivity index (χ2n) is 2.41. The van der Waals surface area contributed by atoms with Crippen LogP contribution in [0.25, 0.3) is 0 Å². The van der Waals surface area contributed by atoms with E-state index in [1.165, 1.54) is 0 Å². The van der Waals surface area contributed by atoms with Crippen molar-refractivity contribution < 1.29 is 4.74 Å². The first-order valence-corrected chi connectivity index (χ1v) is 4.20. The highest BCUT2D eigenvalue weighted by Crippen LogP contribution is 2.41. The quantitative estimate of drug-likeness (QED) is 0.570. The molecule has 0 saturated heterocycles. The fourth-order valence-electron chi connectivity index (χ4n) is 1.14. The zero-order valence-electron chi connectivity index (χ0n) is 5.63. The van der Waals surface area contributed by atoms with Crippen LogP contribution in [-0.4, -0.2) is 5.56 Å². The number of halogens is 2. The summed E-state index contributed by atoms with van der Waals surface area (Å²) in [5.74, 6) is 0.799. The zero-order valence-corrected chi connectivity index (χ0v) is 7.14. The maximum Gasteiger partial charge on any atom is 0.192 e. The average Bonchev–Trinajstić information content (AvgIpc) is 2.30. The van der Waals surface area contributed by atoms with Crippen LogP contribution >= 0.6 is 23.2 Å². The van der Waals surface area contributed by atoms with E-state index in [1.807, 2.05) is 24.3 Å². The van der Waals surface area contributed by atoms with Crippen LogP contribution in [0.1, 0.15) is 10.9 Å². The molecule has 0 bridgehead atoms. The molecule has 0 aliphatic carbocycles. The van der Waals surface area contributed by atoms with Crippen LogP contribution in [0.5, 0.6) is 5.75 Å². The number of alkyl halides is 2. The molecule has 1 aliphatic rings. The van der Waals surface area contributed by atoms with Crippen LogP contribution in [0.15, 0.2) is 24.3 Å². The summed E-state index contributed by atoms with van der Waals surface area (Å²) < 4.78 is 5.25. The molecule has 0 spiro atoms. The number of hydrogen-bond acceptors (Lipinski definition) is 1. The van der Waals surface area contributed by atoms with Crippen LogP contribution < -0.4 is 4.74 Å². The van der Waals surface area contributed by atoms with Gasteiger partial charge in [-0.15, -0.1) is 11.6 Å². The lowest BCUT2D eigenvalue weighted by molar-refractivity contribution is 0.312. The van der Waals surface area contributed by atoms with Crippen LogP contribution in [0.3, 0.4) is 0 Å².